The normalized spacial score (nSPS) is 12.4. The van der Waals surface area contributed by atoms with Crippen molar-refractivity contribution in [2.75, 3.05) is 13.2 Å². The van der Waals surface area contributed by atoms with E-state index in [4.69, 9.17) is 4.74 Å². The van der Waals surface area contributed by atoms with Crippen molar-refractivity contribution in [3.8, 4) is 23.0 Å². The minimum absolute atomic E-state index is 0.0440. The molecule has 0 radical (unpaired) electrons. The highest BCUT2D eigenvalue weighted by Crippen LogP contribution is 2.44. The van der Waals surface area contributed by atoms with Crippen molar-refractivity contribution in [1.29, 1.82) is 0 Å². The van der Waals surface area contributed by atoms with E-state index in [2.05, 4.69) is 29.3 Å². The molecule has 4 rings (SSSR count). The van der Waals surface area contributed by atoms with E-state index in [0.717, 1.165) is 34.4 Å². The molecule has 0 saturated carbocycles. The van der Waals surface area contributed by atoms with Crippen molar-refractivity contribution in [2.24, 2.45) is 0 Å². The average Bonchev–Trinajstić information content (AvgIpc) is 3.10. The Balaban J connectivity index is 1.27. The lowest BCUT2D eigenvalue weighted by Gasteiger charge is -2.14. The van der Waals surface area contributed by atoms with E-state index < -0.39 is 23.7 Å². The molecule has 0 spiro atoms. The van der Waals surface area contributed by atoms with Gasteiger partial charge in [0, 0.05) is 24.4 Å². The quantitative estimate of drug-likeness (QED) is 0.293. The molecule has 1 N–H and O–H groups in total. The van der Waals surface area contributed by atoms with Gasteiger partial charge in [0.2, 0.25) is 0 Å². The highest BCUT2D eigenvalue weighted by Gasteiger charge is 2.33. The molecule has 33 heavy (non-hydrogen) atoms. The third-order valence-corrected chi connectivity index (χ3v) is 5.37. The van der Waals surface area contributed by atoms with E-state index >= 15 is 0 Å². The lowest BCUT2D eigenvalue weighted by molar-refractivity contribution is -0.140. The fraction of sp³-hybridized carbons (Fsp3) is 0.192. The number of hydrogen-bond donors (Lipinski definition) is 1. The van der Waals surface area contributed by atoms with E-state index in [0.29, 0.717) is 6.07 Å². The Kier molecular flexibility index (Phi) is 6.36. The molecule has 1 amide bonds. The molecule has 0 aliphatic heterocycles. The zero-order valence-electron chi connectivity index (χ0n) is 17.4. The fourth-order valence-corrected chi connectivity index (χ4v) is 3.86. The lowest BCUT2D eigenvalue weighted by Crippen LogP contribution is -2.26. The van der Waals surface area contributed by atoms with E-state index in [-0.39, 0.29) is 31.1 Å². The summed E-state index contributed by atoms with van der Waals surface area (Å²) in [5, 5.41) is 2.59. The predicted octanol–water partition coefficient (Wildman–Crippen LogP) is 6.12. The molecule has 0 unspecified atom stereocenters. The van der Waals surface area contributed by atoms with Crippen LogP contribution in [0.4, 0.5) is 22.4 Å². The number of carbonyl (C=O) groups is 1. The monoisotopic (exact) mass is 453 g/mol. The Hall–Kier alpha value is -3.79. The van der Waals surface area contributed by atoms with Gasteiger partial charge in [-0.15, -0.1) is 0 Å². The fourth-order valence-electron chi connectivity index (χ4n) is 3.86. The average molecular weight is 453 g/mol. The maximum atomic E-state index is 13.6. The number of benzene rings is 3. The van der Waals surface area contributed by atoms with Gasteiger partial charge in [-0.2, -0.15) is 13.2 Å². The van der Waals surface area contributed by atoms with Crippen LogP contribution in [0.2, 0.25) is 0 Å². The van der Waals surface area contributed by atoms with Crippen molar-refractivity contribution < 1.29 is 27.1 Å². The maximum absolute atomic E-state index is 13.6. The number of halogens is 4. The topological polar surface area (TPSA) is 38.3 Å². The molecule has 168 valence electrons. The third-order valence-electron chi connectivity index (χ3n) is 5.37. The molecule has 0 bridgehead atoms. The van der Waals surface area contributed by atoms with Crippen LogP contribution in [0.25, 0.3) is 11.1 Å². The highest BCUT2D eigenvalue weighted by atomic mass is 19.4. The molecule has 0 fully saturated rings. The Bertz CT molecular complexity index is 1200. The molecular weight excluding hydrogens is 434 g/mol. The van der Waals surface area contributed by atoms with Crippen LogP contribution in [-0.2, 0) is 10.9 Å². The molecule has 1 aliphatic rings. The third kappa shape index (κ3) is 5.01. The second kappa shape index (κ2) is 9.37. The molecule has 0 atom stereocenters. The molecule has 3 aromatic rings. The van der Waals surface area contributed by atoms with Crippen molar-refractivity contribution in [1.82, 2.24) is 5.32 Å². The van der Waals surface area contributed by atoms with Crippen molar-refractivity contribution in [2.45, 2.75) is 18.5 Å². The maximum Gasteiger partial charge on any atom is 0.419 e. The van der Waals surface area contributed by atoms with Crippen molar-refractivity contribution in [3.05, 3.63) is 94.8 Å². The summed E-state index contributed by atoms with van der Waals surface area (Å²) in [4.78, 5) is 12.1. The SMILES string of the molecule is O=C(NCCC#Cc1ccc(C(F)(F)F)c(F)c1)OCC1c2ccccc2-c2ccccc21. The smallest absolute Gasteiger partial charge is 0.419 e. The summed E-state index contributed by atoms with van der Waals surface area (Å²) in [6.45, 7) is 0.378. The number of fused-ring (bicyclic) bond motifs is 3. The van der Waals surface area contributed by atoms with Crippen LogP contribution in [0, 0.1) is 17.7 Å². The van der Waals surface area contributed by atoms with E-state index in [9.17, 15) is 22.4 Å². The van der Waals surface area contributed by atoms with Crippen molar-refractivity contribution >= 4 is 6.09 Å². The van der Waals surface area contributed by atoms with E-state index in [1.54, 1.807) is 0 Å². The Morgan fingerprint density at radius 1 is 0.970 bits per heavy atom. The molecule has 0 aromatic heterocycles. The van der Waals surface area contributed by atoms with Gasteiger partial charge in [-0.25, -0.2) is 9.18 Å². The first-order valence-electron chi connectivity index (χ1n) is 10.3. The summed E-state index contributed by atoms with van der Waals surface area (Å²) < 4.78 is 56.7. The number of alkyl halides is 3. The number of ether oxygens (including phenoxy) is 1. The Morgan fingerprint density at radius 2 is 1.61 bits per heavy atom. The number of carbonyl (C=O) groups excluding carboxylic acids is 1. The standard InChI is InChI=1S/C26H19F4NO2/c27-24-15-17(12-13-23(24)26(28,29)30)7-5-6-14-31-25(32)33-16-22-20-10-3-1-8-18(20)19-9-2-4-11-21(19)22/h1-4,8-13,15,22H,6,14,16H2,(H,31,32). The second-order valence-electron chi connectivity index (χ2n) is 7.50. The van der Waals surface area contributed by atoms with Crippen LogP contribution in [0.3, 0.4) is 0 Å². The number of alkyl carbamates (subject to hydrolysis) is 1. The second-order valence-corrected chi connectivity index (χ2v) is 7.50. The van der Waals surface area contributed by atoms with Gasteiger partial charge < -0.3 is 10.1 Å². The molecular formula is C26H19F4NO2. The van der Waals surface area contributed by atoms with Crippen LogP contribution in [0.1, 0.15) is 34.6 Å². The van der Waals surface area contributed by atoms with E-state index in [1.807, 2.05) is 36.4 Å². The van der Waals surface area contributed by atoms with E-state index in [1.165, 1.54) is 0 Å². The van der Waals surface area contributed by atoms with Gasteiger partial charge >= 0.3 is 12.3 Å². The zero-order chi connectivity index (χ0) is 23.4. The minimum atomic E-state index is -4.75. The largest absolute Gasteiger partial charge is 0.449 e. The van der Waals surface area contributed by atoms with Gasteiger partial charge in [0.15, 0.2) is 0 Å². The van der Waals surface area contributed by atoms with Gasteiger partial charge in [0.1, 0.15) is 12.4 Å². The summed E-state index contributed by atoms with van der Waals surface area (Å²) >= 11 is 0. The number of nitrogens with one attached hydrogen (secondary N) is 1. The van der Waals surface area contributed by atoms with Crippen LogP contribution in [-0.4, -0.2) is 19.2 Å². The lowest BCUT2D eigenvalue weighted by atomic mass is 9.98. The first-order chi connectivity index (χ1) is 15.8. The molecule has 3 aromatic carbocycles. The minimum Gasteiger partial charge on any atom is -0.449 e. The van der Waals surface area contributed by atoms with Gasteiger partial charge in [-0.3, -0.25) is 0 Å². The Labute approximate surface area is 188 Å². The van der Waals surface area contributed by atoms with Crippen molar-refractivity contribution in [3.63, 3.8) is 0 Å². The van der Waals surface area contributed by atoms with Gasteiger partial charge in [0.05, 0.1) is 5.56 Å². The number of rotatable bonds is 4. The molecule has 3 nitrogen and oxygen atoms in total. The summed E-state index contributed by atoms with van der Waals surface area (Å²) in [5.41, 5.74) is 3.29. The molecule has 0 saturated heterocycles. The van der Waals surface area contributed by atoms with Crippen LogP contribution in [0.15, 0.2) is 66.7 Å². The van der Waals surface area contributed by atoms with Crippen LogP contribution in [0.5, 0.6) is 0 Å². The van der Waals surface area contributed by atoms with Crippen LogP contribution >= 0.6 is 0 Å². The zero-order valence-corrected chi connectivity index (χ0v) is 17.4. The van der Waals surface area contributed by atoms with Gasteiger partial charge in [0.25, 0.3) is 0 Å². The molecule has 1 aliphatic carbocycles. The Morgan fingerprint density at radius 3 is 2.21 bits per heavy atom. The first kappa shape index (κ1) is 22.4. The summed E-state index contributed by atoms with van der Waals surface area (Å²) in [6, 6.07) is 18.5. The number of amides is 1. The summed E-state index contributed by atoms with van der Waals surface area (Å²) in [5.74, 6) is 3.87. The summed E-state index contributed by atoms with van der Waals surface area (Å²) in [6.07, 6.45) is -5.10. The highest BCUT2D eigenvalue weighted by molar-refractivity contribution is 5.79. The molecule has 0 heterocycles. The first-order valence-corrected chi connectivity index (χ1v) is 10.3. The predicted molar refractivity (Wildman–Crippen MR) is 116 cm³/mol. The summed E-state index contributed by atoms with van der Waals surface area (Å²) in [7, 11) is 0. The molecule has 7 heteroatoms. The van der Waals surface area contributed by atoms with Crippen LogP contribution < -0.4 is 5.32 Å². The number of hydrogen-bond acceptors (Lipinski definition) is 2. The van der Waals surface area contributed by atoms with Gasteiger partial charge in [-0.1, -0.05) is 60.4 Å². The van der Waals surface area contributed by atoms with Gasteiger partial charge in [-0.05, 0) is 40.5 Å².